The standard InChI is InChI=1S/C21H26F3N7/c1-20(2,3)30-18-26-12-16-17(29-18)31(15-7-9-25-10-8-15)19(28-16)27-14-6-4-5-13(11-14)21(22,23)24/h4-6,11-12,15,25H,7-10H2,1-3H3,(H,27,28)(H,26,29,30). The van der Waals surface area contributed by atoms with Crippen LogP contribution in [-0.2, 0) is 6.18 Å². The Morgan fingerprint density at radius 3 is 2.52 bits per heavy atom. The van der Waals surface area contributed by atoms with Gasteiger partial charge in [-0.15, -0.1) is 0 Å². The van der Waals surface area contributed by atoms with Crippen LogP contribution in [0.5, 0.6) is 0 Å². The van der Waals surface area contributed by atoms with Crippen molar-refractivity contribution in [2.24, 2.45) is 0 Å². The van der Waals surface area contributed by atoms with E-state index in [1.165, 1.54) is 6.07 Å². The van der Waals surface area contributed by atoms with Crippen molar-refractivity contribution >= 4 is 28.7 Å². The zero-order valence-electron chi connectivity index (χ0n) is 17.7. The van der Waals surface area contributed by atoms with Crippen LogP contribution in [0.15, 0.2) is 30.5 Å². The molecule has 0 unspecified atom stereocenters. The van der Waals surface area contributed by atoms with Crippen molar-refractivity contribution in [2.45, 2.75) is 51.4 Å². The molecule has 10 heteroatoms. The summed E-state index contributed by atoms with van der Waals surface area (Å²) in [6.07, 6.45) is -1.03. The van der Waals surface area contributed by atoms with Crippen molar-refractivity contribution in [1.29, 1.82) is 0 Å². The van der Waals surface area contributed by atoms with Gasteiger partial charge in [0.05, 0.1) is 11.8 Å². The number of hydrogen-bond acceptors (Lipinski definition) is 6. The van der Waals surface area contributed by atoms with Crippen LogP contribution in [0, 0.1) is 0 Å². The summed E-state index contributed by atoms with van der Waals surface area (Å²) in [5.74, 6) is 0.948. The average Bonchev–Trinajstić information content (AvgIpc) is 3.04. The molecular weight excluding hydrogens is 407 g/mol. The number of piperidine rings is 1. The molecule has 0 spiro atoms. The molecule has 3 aromatic rings. The van der Waals surface area contributed by atoms with Crippen LogP contribution in [0.3, 0.4) is 0 Å². The van der Waals surface area contributed by atoms with Crippen molar-refractivity contribution in [3.05, 3.63) is 36.0 Å². The summed E-state index contributed by atoms with van der Waals surface area (Å²) < 4.78 is 41.4. The van der Waals surface area contributed by atoms with E-state index in [9.17, 15) is 13.2 Å². The monoisotopic (exact) mass is 433 g/mol. The number of imidazole rings is 1. The van der Waals surface area contributed by atoms with Crippen LogP contribution < -0.4 is 16.0 Å². The Hall–Kier alpha value is -2.88. The van der Waals surface area contributed by atoms with Crippen LogP contribution in [0.25, 0.3) is 11.2 Å². The highest BCUT2D eigenvalue weighted by atomic mass is 19.4. The van der Waals surface area contributed by atoms with Gasteiger partial charge in [-0.05, 0) is 64.9 Å². The zero-order valence-corrected chi connectivity index (χ0v) is 17.7. The number of rotatable bonds is 4. The molecule has 1 aromatic carbocycles. The predicted molar refractivity (Wildman–Crippen MR) is 115 cm³/mol. The van der Waals surface area contributed by atoms with E-state index in [-0.39, 0.29) is 11.6 Å². The number of nitrogens with one attached hydrogen (secondary N) is 3. The minimum atomic E-state index is -4.41. The summed E-state index contributed by atoms with van der Waals surface area (Å²) in [5, 5.41) is 9.68. The van der Waals surface area contributed by atoms with Crippen molar-refractivity contribution in [3.63, 3.8) is 0 Å². The van der Waals surface area contributed by atoms with Gasteiger partial charge in [0.2, 0.25) is 11.9 Å². The maximum Gasteiger partial charge on any atom is 0.416 e. The molecule has 1 aliphatic rings. The second kappa shape index (κ2) is 7.99. The van der Waals surface area contributed by atoms with Gasteiger partial charge in [-0.3, -0.25) is 4.57 Å². The molecule has 0 saturated carbocycles. The first-order chi connectivity index (χ1) is 14.6. The van der Waals surface area contributed by atoms with E-state index in [1.54, 1.807) is 12.3 Å². The second-order valence-corrected chi connectivity index (χ2v) is 8.77. The number of hydrogen-bond donors (Lipinski definition) is 3. The highest BCUT2D eigenvalue weighted by Gasteiger charge is 2.31. The quantitative estimate of drug-likeness (QED) is 0.552. The lowest BCUT2D eigenvalue weighted by molar-refractivity contribution is -0.137. The fourth-order valence-corrected chi connectivity index (χ4v) is 3.69. The van der Waals surface area contributed by atoms with Crippen LogP contribution in [0.1, 0.15) is 45.2 Å². The molecule has 3 heterocycles. The van der Waals surface area contributed by atoms with E-state index >= 15 is 0 Å². The number of nitrogens with zero attached hydrogens (tertiary/aromatic N) is 4. The molecule has 31 heavy (non-hydrogen) atoms. The summed E-state index contributed by atoms with van der Waals surface area (Å²) in [6, 6.07) is 5.24. The molecule has 0 bridgehead atoms. The van der Waals surface area contributed by atoms with Crippen molar-refractivity contribution in [2.75, 3.05) is 23.7 Å². The second-order valence-electron chi connectivity index (χ2n) is 8.77. The van der Waals surface area contributed by atoms with Gasteiger partial charge in [0, 0.05) is 17.3 Å². The maximum absolute atomic E-state index is 13.1. The molecule has 1 aliphatic heterocycles. The number of aromatic nitrogens is 4. The molecule has 0 radical (unpaired) electrons. The van der Waals surface area contributed by atoms with E-state index in [1.807, 2.05) is 25.3 Å². The molecule has 166 valence electrons. The Morgan fingerprint density at radius 1 is 1.10 bits per heavy atom. The van der Waals surface area contributed by atoms with Gasteiger partial charge in [-0.1, -0.05) is 6.07 Å². The number of benzene rings is 1. The van der Waals surface area contributed by atoms with Gasteiger partial charge in [0.1, 0.15) is 5.52 Å². The largest absolute Gasteiger partial charge is 0.416 e. The molecule has 0 amide bonds. The Labute approximate surface area is 178 Å². The van der Waals surface area contributed by atoms with E-state index in [0.717, 1.165) is 38.1 Å². The normalized spacial score (nSPS) is 15.9. The van der Waals surface area contributed by atoms with E-state index in [4.69, 9.17) is 4.98 Å². The molecular formula is C21H26F3N7. The fourth-order valence-electron chi connectivity index (χ4n) is 3.69. The first kappa shape index (κ1) is 21.4. The summed E-state index contributed by atoms with van der Waals surface area (Å²) >= 11 is 0. The van der Waals surface area contributed by atoms with Crippen molar-refractivity contribution < 1.29 is 13.2 Å². The minimum absolute atomic E-state index is 0.122. The molecule has 4 rings (SSSR count). The topological polar surface area (TPSA) is 79.7 Å². The van der Waals surface area contributed by atoms with Crippen molar-refractivity contribution in [3.8, 4) is 0 Å². The number of alkyl halides is 3. The lowest BCUT2D eigenvalue weighted by Gasteiger charge is -2.26. The van der Waals surface area contributed by atoms with Gasteiger partial charge in [0.25, 0.3) is 0 Å². The smallest absolute Gasteiger partial charge is 0.350 e. The summed E-state index contributed by atoms with van der Waals surface area (Å²) in [5.41, 5.74) is 0.641. The number of halogens is 3. The summed E-state index contributed by atoms with van der Waals surface area (Å²) in [7, 11) is 0. The SMILES string of the molecule is CC(C)(C)Nc1ncc2nc(Nc3cccc(C(F)(F)F)c3)n(C3CCNCC3)c2n1. The van der Waals surface area contributed by atoms with Gasteiger partial charge in [0.15, 0.2) is 5.65 Å². The van der Waals surface area contributed by atoms with Crippen LogP contribution in [-0.4, -0.2) is 38.1 Å². The van der Waals surface area contributed by atoms with Crippen LogP contribution >= 0.6 is 0 Å². The van der Waals surface area contributed by atoms with Crippen LogP contribution in [0.4, 0.5) is 30.8 Å². The van der Waals surface area contributed by atoms with E-state index in [0.29, 0.717) is 28.7 Å². The number of anilines is 3. The van der Waals surface area contributed by atoms with E-state index < -0.39 is 11.7 Å². The molecule has 2 aromatic heterocycles. The highest BCUT2D eigenvalue weighted by Crippen LogP contribution is 2.33. The minimum Gasteiger partial charge on any atom is -0.350 e. The molecule has 1 fully saturated rings. The van der Waals surface area contributed by atoms with Gasteiger partial charge < -0.3 is 16.0 Å². The number of fused-ring (bicyclic) bond motifs is 1. The lowest BCUT2D eigenvalue weighted by atomic mass is 10.1. The van der Waals surface area contributed by atoms with Gasteiger partial charge in [-0.2, -0.15) is 18.2 Å². The lowest BCUT2D eigenvalue weighted by Crippen LogP contribution is -2.30. The third-order valence-corrected chi connectivity index (χ3v) is 5.04. The molecule has 1 saturated heterocycles. The Bertz CT molecular complexity index is 1060. The molecule has 7 nitrogen and oxygen atoms in total. The third-order valence-electron chi connectivity index (χ3n) is 5.04. The summed E-state index contributed by atoms with van der Waals surface area (Å²) in [4.78, 5) is 13.7. The van der Waals surface area contributed by atoms with Crippen molar-refractivity contribution in [1.82, 2.24) is 24.8 Å². The zero-order chi connectivity index (χ0) is 22.2. The first-order valence-corrected chi connectivity index (χ1v) is 10.3. The fraction of sp³-hybridized carbons (Fsp3) is 0.476. The maximum atomic E-state index is 13.1. The predicted octanol–water partition coefficient (Wildman–Crippen LogP) is 4.72. The van der Waals surface area contributed by atoms with Gasteiger partial charge >= 0.3 is 6.18 Å². The molecule has 0 aliphatic carbocycles. The third kappa shape index (κ3) is 4.90. The first-order valence-electron chi connectivity index (χ1n) is 10.3. The van der Waals surface area contributed by atoms with Gasteiger partial charge in [-0.25, -0.2) is 9.97 Å². The Kier molecular flexibility index (Phi) is 5.50. The van der Waals surface area contributed by atoms with E-state index in [2.05, 4.69) is 25.9 Å². The Morgan fingerprint density at radius 2 is 1.84 bits per heavy atom. The van der Waals surface area contributed by atoms with Crippen LogP contribution in [0.2, 0.25) is 0 Å². The summed E-state index contributed by atoms with van der Waals surface area (Å²) in [6.45, 7) is 7.76. The molecule has 3 N–H and O–H groups in total. The Balaban J connectivity index is 1.77. The molecule has 0 atom stereocenters. The highest BCUT2D eigenvalue weighted by molar-refractivity contribution is 5.76. The average molecular weight is 433 g/mol.